The fourth-order valence-corrected chi connectivity index (χ4v) is 1.23. The standard InChI is InChI=1S/C11H12F3NO/c1-15(2)9-5-3-4-8(6-9)7-10(16)11(12,13)14/h3-6H,7H2,1-2H3. The lowest BCUT2D eigenvalue weighted by molar-refractivity contribution is -0.170. The molecule has 0 aromatic heterocycles. The zero-order chi connectivity index (χ0) is 12.3. The van der Waals surface area contributed by atoms with Gasteiger partial charge in [0.05, 0.1) is 0 Å². The number of ketones is 1. The van der Waals surface area contributed by atoms with E-state index >= 15 is 0 Å². The Balaban J connectivity index is 2.83. The second-order valence-electron chi connectivity index (χ2n) is 3.66. The summed E-state index contributed by atoms with van der Waals surface area (Å²) in [6.45, 7) is 0. The Morgan fingerprint density at radius 1 is 1.31 bits per heavy atom. The van der Waals surface area contributed by atoms with Crippen molar-refractivity contribution < 1.29 is 18.0 Å². The van der Waals surface area contributed by atoms with Crippen LogP contribution in [0.25, 0.3) is 0 Å². The smallest absolute Gasteiger partial charge is 0.378 e. The fourth-order valence-electron chi connectivity index (χ4n) is 1.23. The second-order valence-corrected chi connectivity index (χ2v) is 3.66. The number of hydrogen-bond acceptors (Lipinski definition) is 2. The summed E-state index contributed by atoms with van der Waals surface area (Å²) in [4.78, 5) is 12.5. The molecular formula is C11H12F3NO. The summed E-state index contributed by atoms with van der Waals surface area (Å²) in [5, 5.41) is 0. The predicted molar refractivity (Wildman–Crippen MR) is 55.5 cm³/mol. The monoisotopic (exact) mass is 231 g/mol. The predicted octanol–water partition coefficient (Wildman–Crippen LogP) is 2.43. The van der Waals surface area contributed by atoms with Gasteiger partial charge >= 0.3 is 6.18 Å². The molecule has 1 aromatic carbocycles. The molecule has 0 N–H and O–H groups in total. The van der Waals surface area contributed by atoms with Gasteiger partial charge in [0, 0.05) is 26.2 Å². The Morgan fingerprint density at radius 3 is 2.44 bits per heavy atom. The molecule has 2 nitrogen and oxygen atoms in total. The third-order valence-electron chi connectivity index (χ3n) is 2.11. The van der Waals surface area contributed by atoms with Gasteiger partial charge in [0.15, 0.2) is 0 Å². The highest BCUT2D eigenvalue weighted by atomic mass is 19.4. The number of carbonyl (C=O) groups excluding carboxylic acids is 1. The van der Waals surface area contributed by atoms with Crippen LogP contribution in [0.5, 0.6) is 0 Å². The van der Waals surface area contributed by atoms with Crippen LogP contribution >= 0.6 is 0 Å². The van der Waals surface area contributed by atoms with Crippen LogP contribution in [0.3, 0.4) is 0 Å². The third kappa shape index (κ3) is 3.25. The first-order valence-corrected chi connectivity index (χ1v) is 4.67. The lowest BCUT2D eigenvalue weighted by Gasteiger charge is -2.13. The normalized spacial score (nSPS) is 11.3. The van der Waals surface area contributed by atoms with E-state index in [-0.39, 0.29) is 0 Å². The molecule has 0 aliphatic carbocycles. The molecule has 5 heteroatoms. The maximum absolute atomic E-state index is 12.0. The number of nitrogens with zero attached hydrogens (tertiary/aromatic N) is 1. The van der Waals surface area contributed by atoms with E-state index < -0.39 is 18.4 Å². The van der Waals surface area contributed by atoms with Crippen molar-refractivity contribution in [1.82, 2.24) is 0 Å². The van der Waals surface area contributed by atoms with Crippen LogP contribution in [0, 0.1) is 0 Å². The largest absolute Gasteiger partial charge is 0.450 e. The highest BCUT2D eigenvalue weighted by molar-refractivity contribution is 5.86. The van der Waals surface area contributed by atoms with Crippen molar-refractivity contribution >= 4 is 11.5 Å². The maximum atomic E-state index is 12.0. The minimum Gasteiger partial charge on any atom is -0.378 e. The summed E-state index contributed by atoms with van der Waals surface area (Å²) < 4.78 is 36.1. The van der Waals surface area contributed by atoms with Gasteiger partial charge in [-0.1, -0.05) is 12.1 Å². The van der Waals surface area contributed by atoms with Crippen molar-refractivity contribution in [2.45, 2.75) is 12.6 Å². The summed E-state index contributed by atoms with van der Waals surface area (Å²) in [7, 11) is 3.56. The summed E-state index contributed by atoms with van der Waals surface area (Å²) in [5.41, 5.74) is 1.14. The number of rotatable bonds is 3. The van der Waals surface area contributed by atoms with Gasteiger partial charge in [0.2, 0.25) is 5.78 Å². The van der Waals surface area contributed by atoms with Gasteiger partial charge in [-0.25, -0.2) is 0 Å². The molecule has 0 unspecified atom stereocenters. The molecule has 0 bridgehead atoms. The number of alkyl halides is 3. The Kier molecular flexibility index (Phi) is 3.57. The number of anilines is 1. The van der Waals surface area contributed by atoms with Crippen molar-refractivity contribution in [2.24, 2.45) is 0 Å². The molecule has 88 valence electrons. The number of benzene rings is 1. The Morgan fingerprint density at radius 2 is 1.94 bits per heavy atom. The van der Waals surface area contributed by atoms with Crippen LogP contribution < -0.4 is 4.90 Å². The van der Waals surface area contributed by atoms with Gasteiger partial charge in [0.1, 0.15) is 0 Å². The molecule has 0 aliphatic heterocycles. The van der Waals surface area contributed by atoms with E-state index in [0.717, 1.165) is 5.69 Å². The molecule has 0 spiro atoms. The summed E-state index contributed by atoms with van der Waals surface area (Å²) >= 11 is 0. The summed E-state index contributed by atoms with van der Waals surface area (Å²) in [6.07, 6.45) is -5.36. The highest BCUT2D eigenvalue weighted by Crippen LogP contribution is 2.20. The maximum Gasteiger partial charge on any atom is 0.450 e. The van der Waals surface area contributed by atoms with Gasteiger partial charge in [-0.3, -0.25) is 4.79 Å². The first-order valence-electron chi connectivity index (χ1n) is 4.67. The molecule has 0 aliphatic rings. The van der Waals surface area contributed by atoms with Crippen LogP contribution in [0.1, 0.15) is 5.56 Å². The third-order valence-corrected chi connectivity index (χ3v) is 2.11. The quantitative estimate of drug-likeness (QED) is 0.796. The molecule has 0 fully saturated rings. The minimum atomic E-state index is -4.76. The molecular weight excluding hydrogens is 219 g/mol. The zero-order valence-electron chi connectivity index (χ0n) is 9.01. The Labute approximate surface area is 91.7 Å². The Bertz CT molecular complexity index is 385. The molecule has 0 saturated carbocycles. The fraction of sp³-hybridized carbons (Fsp3) is 0.364. The van der Waals surface area contributed by atoms with Crippen molar-refractivity contribution in [3.8, 4) is 0 Å². The van der Waals surface area contributed by atoms with E-state index in [4.69, 9.17) is 0 Å². The molecule has 1 rings (SSSR count). The zero-order valence-corrected chi connectivity index (χ0v) is 9.01. The summed E-state index contributed by atoms with van der Waals surface area (Å²) in [6, 6.07) is 6.48. The minimum absolute atomic E-state index is 0.369. The van der Waals surface area contributed by atoms with Crippen LogP contribution in [-0.4, -0.2) is 26.1 Å². The van der Waals surface area contributed by atoms with Gasteiger partial charge in [-0.2, -0.15) is 13.2 Å². The first-order chi connectivity index (χ1) is 7.30. The highest BCUT2D eigenvalue weighted by Gasteiger charge is 2.37. The van der Waals surface area contributed by atoms with E-state index in [1.165, 1.54) is 6.07 Å². The van der Waals surface area contributed by atoms with Crippen molar-refractivity contribution in [3.05, 3.63) is 29.8 Å². The SMILES string of the molecule is CN(C)c1cccc(CC(=O)C(F)(F)F)c1. The van der Waals surface area contributed by atoms with E-state index in [2.05, 4.69) is 0 Å². The van der Waals surface area contributed by atoms with Crippen LogP contribution in [0.4, 0.5) is 18.9 Å². The molecule has 0 amide bonds. The summed E-state index contributed by atoms with van der Waals surface area (Å²) in [5.74, 6) is -1.72. The molecule has 16 heavy (non-hydrogen) atoms. The lowest BCUT2D eigenvalue weighted by Crippen LogP contribution is -2.24. The number of halogens is 3. The molecule has 0 saturated heterocycles. The molecule has 1 aromatic rings. The van der Waals surface area contributed by atoms with E-state index in [9.17, 15) is 18.0 Å². The Hall–Kier alpha value is -1.52. The average molecular weight is 231 g/mol. The van der Waals surface area contributed by atoms with Gasteiger partial charge in [0.25, 0.3) is 0 Å². The van der Waals surface area contributed by atoms with Crippen LogP contribution in [0.2, 0.25) is 0 Å². The first kappa shape index (κ1) is 12.5. The average Bonchev–Trinajstić information content (AvgIpc) is 2.16. The number of Topliss-reactive ketones (excluding diaryl/α,β-unsaturated/α-hetero) is 1. The molecule has 0 atom stereocenters. The van der Waals surface area contributed by atoms with Gasteiger partial charge < -0.3 is 4.90 Å². The lowest BCUT2D eigenvalue weighted by atomic mass is 10.1. The van der Waals surface area contributed by atoms with Crippen molar-refractivity contribution in [3.63, 3.8) is 0 Å². The molecule has 0 heterocycles. The van der Waals surface area contributed by atoms with E-state index in [0.29, 0.717) is 5.56 Å². The van der Waals surface area contributed by atoms with Crippen LogP contribution in [-0.2, 0) is 11.2 Å². The van der Waals surface area contributed by atoms with E-state index in [1.807, 2.05) is 0 Å². The van der Waals surface area contributed by atoms with Crippen molar-refractivity contribution in [1.29, 1.82) is 0 Å². The van der Waals surface area contributed by atoms with E-state index in [1.54, 1.807) is 37.2 Å². The number of carbonyl (C=O) groups is 1. The van der Waals surface area contributed by atoms with Crippen molar-refractivity contribution in [2.75, 3.05) is 19.0 Å². The van der Waals surface area contributed by atoms with Gasteiger partial charge in [-0.15, -0.1) is 0 Å². The van der Waals surface area contributed by atoms with Crippen LogP contribution in [0.15, 0.2) is 24.3 Å². The topological polar surface area (TPSA) is 20.3 Å². The number of hydrogen-bond donors (Lipinski definition) is 0. The molecule has 0 radical (unpaired) electrons. The van der Waals surface area contributed by atoms with Gasteiger partial charge in [-0.05, 0) is 17.7 Å². The second kappa shape index (κ2) is 4.55.